The Kier molecular flexibility index (Phi) is 6.07. The van der Waals surface area contributed by atoms with Crippen LogP contribution in [0.5, 0.6) is 5.75 Å². The predicted octanol–water partition coefficient (Wildman–Crippen LogP) is 0.815. The molecule has 106 valence electrons. The van der Waals surface area contributed by atoms with Crippen molar-refractivity contribution in [3.05, 3.63) is 18.2 Å². The average molecular weight is 275 g/mol. The van der Waals surface area contributed by atoms with Gasteiger partial charge in [0.25, 0.3) is 0 Å². The zero-order valence-electron chi connectivity index (χ0n) is 11.4. The van der Waals surface area contributed by atoms with Crippen LogP contribution >= 0.6 is 0 Å². The Morgan fingerprint density at radius 1 is 1.35 bits per heavy atom. The summed E-state index contributed by atoms with van der Waals surface area (Å²) in [5, 5.41) is 8.11. The summed E-state index contributed by atoms with van der Waals surface area (Å²) < 4.78 is 5.16. The van der Waals surface area contributed by atoms with E-state index in [4.69, 9.17) is 11.2 Å². The molecule has 3 N–H and O–H groups in total. The molecule has 0 heterocycles. The fourth-order valence-electron chi connectivity index (χ4n) is 1.52. The molecule has 0 atom stereocenters. The molecular formula is C14H17N3O3. The van der Waals surface area contributed by atoms with Gasteiger partial charge in [-0.2, -0.15) is 0 Å². The number of amides is 2. The highest BCUT2D eigenvalue weighted by molar-refractivity contribution is 5.94. The fraction of sp³-hybridized carbons (Fsp3) is 0.286. The Balaban J connectivity index is 2.70. The molecule has 1 rings (SSSR count). The Morgan fingerprint density at radius 2 is 2.10 bits per heavy atom. The normalized spacial score (nSPS) is 9.45. The summed E-state index contributed by atoms with van der Waals surface area (Å²) in [6, 6.07) is 4.96. The molecule has 0 aliphatic rings. The molecular weight excluding hydrogens is 258 g/mol. The number of hydrogen-bond donors (Lipinski definition) is 3. The topological polar surface area (TPSA) is 79.5 Å². The lowest BCUT2D eigenvalue weighted by atomic mass is 10.2. The van der Waals surface area contributed by atoms with Gasteiger partial charge < -0.3 is 15.4 Å². The van der Waals surface area contributed by atoms with Gasteiger partial charge in [-0.1, -0.05) is 5.92 Å². The molecule has 20 heavy (non-hydrogen) atoms. The number of terminal acetylenes is 1. The Morgan fingerprint density at radius 3 is 2.70 bits per heavy atom. The first-order valence-electron chi connectivity index (χ1n) is 5.96. The van der Waals surface area contributed by atoms with Gasteiger partial charge in [-0.15, -0.1) is 6.42 Å². The van der Waals surface area contributed by atoms with E-state index in [0.717, 1.165) is 0 Å². The van der Waals surface area contributed by atoms with Crippen LogP contribution in [0.15, 0.2) is 18.2 Å². The van der Waals surface area contributed by atoms with Crippen molar-refractivity contribution in [2.24, 2.45) is 0 Å². The third-order valence-electron chi connectivity index (χ3n) is 2.31. The number of benzene rings is 1. The second kappa shape index (κ2) is 7.81. The van der Waals surface area contributed by atoms with Crippen LogP contribution in [0.4, 0.5) is 11.4 Å². The van der Waals surface area contributed by atoms with Gasteiger partial charge in [0.05, 0.1) is 25.9 Å². The summed E-state index contributed by atoms with van der Waals surface area (Å²) in [6.45, 7) is 1.87. The Hall–Kier alpha value is -2.52. The lowest BCUT2D eigenvalue weighted by Gasteiger charge is -2.11. The van der Waals surface area contributed by atoms with Gasteiger partial charge in [0.2, 0.25) is 11.8 Å². The lowest BCUT2D eigenvalue weighted by Crippen LogP contribution is -2.28. The van der Waals surface area contributed by atoms with Crippen LogP contribution in [0.3, 0.4) is 0 Å². The van der Waals surface area contributed by atoms with Crippen molar-refractivity contribution in [3.8, 4) is 18.1 Å². The van der Waals surface area contributed by atoms with E-state index in [1.165, 1.54) is 14.0 Å². The van der Waals surface area contributed by atoms with Crippen LogP contribution in [0, 0.1) is 12.3 Å². The van der Waals surface area contributed by atoms with Gasteiger partial charge in [-0.05, 0) is 12.1 Å². The largest absolute Gasteiger partial charge is 0.494 e. The van der Waals surface area contributed by atoms with Gasteiger partial charge in [0.1, 0.15) is 5.75 Å². The first kappa shape index (κ1) is 15.5. The molecule has 0 radical (unpaired) electrons. The molecule has 1 aromatic carbocycles. The fourth-order valence-corrected chi connectivity index (χ4v) is 1.52. The third-order valence-corrected chi connectivity index (χ3v) is 2.31. The first-order valence-corrected chi connectivity index (χ1v) is 5.96. The summed E-state index contributed by atoms with van der Waals surface area (Å²) in [7, 11) is 1.49. The van der Waals surface area contributed by atoms with Crippen molar-refractivity contribution < 1.29 is 14.3 Å². The van der Waals surface area contributed by atoms with Gasteiger partial charge in [0, 0.05) is 18.7 Å². The molecule has 1 aromatic rings. The highest BCUT2D eigenvalue weighted by atomic mass is 16.5. The Bertz CT molecular complexity index is 535. The van der Waals surface area contributed by atoms with E-state index >= 15 is 0 Å². The van der Waals surface area contributed by atoms with Crippen molar-refractivity contribution in [2.75, 3.05) is 30.8 Å². The van der Waals surface area contributed by atoms with E-state index in [1.807, 2.05) is 0 Å². The molecule has 0 saturated heterocycles. The van der Waals surface area contributed by atoms with E-state index < -0.39 is 0 Å². The molecule has 0 unspecified atom stereocenters. The molecule has 0 fully saturated rings. The van der Waals surface area contributed by atoms with E-state index in [9.17, 15) is 9.59 Å². The van der Waals surface area contributed by atoms with E-state index in [0.29, 0.717) is 23.7 Å². The second-order valence-corrected chi connectivity index (χ2v) is 3.95. The monoisotopic (exact) mass is 275 g/mol. The molecule has 6 nitrogen and oxygen atoms in total. The molecule has 0 aliphatic heterocycles. The maximum Gasteiger partial charge on any atom is 0.238 e. The SMILES string of the molecule is C#CCNCC(=O)Nc1ccc(NC(C)=O)c(OC)c1. The summed E-state index contributed by atoms with van der Waals surface area (Å²) in [6.07, 6.45) is 5.07. The zero-order valence-corrected chi connectivity index (χ0v) is 11.4. The number of ether oxygens (including phenoxy) is 1. The second-order valence-electron chi connectivity index (χ2n) is 3.95. The third kappa shape index (κ3) is 5.00. The molecule has 0 saturated carbocycles. The van der Waals surface area contributed by atoms with Crippen molar-refractivity contribution in [3.63, 3.8) is 0 Å². The van der Waals surface area contributed by atoms with Gasteiger partial charge in [-0.25, -0.2) is 0 Å². The number of carbonyl (C=O) groups is 2. The smallest absolute Gasteiger partial charge is 0.238 e. The summed E-state index contributed by atoms with van der Waals surface area (Å²) in [5.74, 6) is 2.44. The molecule has 2 amide bonds. The minimum Gasteiger partial charge on any atom is -0.494 e. The quantitative estimate of drug-likeness (QED) is 0.530. The van der Waals surface area contributed by atoms with E-state index in [-0.39, 0.29) is 18.4 Å². The molecule has 0 bridgehead atoms. The van der Waals surface area contributed by atoms with Crippen molar-refractivity contribution in [1.82, 2.24) is 5.32 Å². The summed E-state index contributed by atoms with van der Waals surface area (Å²) >= 11 is 0. The van der Waals surface area contributed by atoms with E-state index in [1.54, 1.807) is 18.2 Å². The molecule has 0 spiro atoms. The zero-order chi connectivity index (χ0) is 15.0. The van der Waals surface area contributed by atoms with Gasteiger partial charge in [0.15, 0.2) is 0 Å². The first-order chi connectivity index (χ1) is 9.56. The van der Waals surface area contributed by atoms with Crippen LogP contribution in [-0.4, -0.2) is 32.0 Å². The maximum absolute atomic E-state index is 11.6. The number of carbonyl (C=O) groups excluding carboxylic acids is 2. The van der Waals surface area contributed by atoms with Crippen molar-refractivity contribution >= 4 is 23.2 Å². The summed E-state index contributed by atoms with van der Waals surface area (Å²) in [4.78, 5) is 22.6. The number of anilines is 2. The predicted molar refractivity (Wildman–Crippen MR) is 77.6 cm³/mol. The van der Waals surface area contributed by atoms with Gasteiger partial charge in [-0.3, -0.25) is 14.9 Å². The number of methoxy groups -OCH3 is 1. The lowest BCUT2D eigenvalue weighted by molar-refractivity contribution is -0.115. The van der Waals surface area contributed by atoms with Crippen molar-refractivity contribution in [2.45, 2.75) is 6.92 Å². The van der Waals surface area contributed by atoms with Crippen LogP contribution in [0.2, 0.25) is 0 Å². The minimum atomic E-state index is -0.213. The highest BCUT2D eigenvalue weighted by Gasteiger charge is 2.07. The van der Waals surface area contributed by atoms with Crippen molar-refractivity contribution in [1.29, 1.82) is 0 Å². The maximum atomic E-state index is 11.6. The molecule has 0 aliphatic carbocycles. The number of hydrogen-bond acceptors (Lipinski definition) is 4. The van der Waals surface area contributed by atoms with E-state index in [2.05, 4.69) is 21.9 Å². The molecule has 0 aromatic heterocycles. The average Bonchev–Trinajstić information content (AvgIpc) is 2.40. The minimum absolute atomic E-state index is 0.125. The van der Waals surface area contributed by atoms with Gasteiger partial charge >= 0.3 is 0 Å². The van der Waals surface area contributed by atoms with Crippen LogP contribution in [-0.2, 0) is 9.59 Å². The molecule has 6 heteroatoms. The van der Waals surface area contributed by atoms with Crippen LogP contribution in [0.1, 0.15) is 6.92 Å². The summed E-state index contributed by atoms with van der Waals surface area (Å²) in [5.41, 5.74) is 1.12. The standard InChI is InChI=1S/C14H17N3O3/c1-4-7-15-9-14(19)17-11-5-6-12(16-10(2)18)13(8-11)20-3/h1,5-6,8,15H,7,9H2,2-3H3,(H,16,18)(H,17,19). The number of nitrogens with one attached hydrogen (secondary N) is 3. The van der Waals surface area contributed by atoms with Crippen LogP contribution < -0.4 is 20.7 Å². The highest BCUT2D eigenvalue weighted by Crippen LogP contribution is 2.27. The van der Waals surface area contributed by atoms with Crippen LogP contribution in [0.25, 0.3) is 0 Å². The number of rotatable bonds is 6. The Labute approximate surface area is 117 Å².